The Morgan fingerprint density at radius 2 is 2.14 bits per heavy atom. The number of rotatable bonds is 4. The average Bonchev–Trinajstić information content (AvgIpc) is 2.53. The van der Waals surface area contributed by atoms with Crippen LogP contribution in [0.25, 0.3) is 0 Å². The minimum Gasteiger partial charge on any atom is -0.463 e. The maximum absolute atomic E-state index is 11.5. The predicted molar refractivity (Wildman–Crippen MR) is 83.8 cm³/mol. The monoisotopic (exact) mass is 302 g/mol. The first-order valence-corrected chi connectivity index (χ1v) is 6.48. The summed E-state index contributed by atoms with van der Waals surface area (Å²) in [6, 6.07) is 9.12. The smallest absolute Gasteiger partial charge is 0.376 e. The fraction of sp³-hybridized carbons (Fsp3) is 0.143. The number of carbonyl (C=O) groups excluding carboxylic acids is 1. The zero-order valence-corrected chi connectivity index (χ0v) is 12.4. The molecule has 0 spiro atoms. The van der Waals surface area contributed by atoms with E-state index in [9.17, 15) is 4.79 Å². The lowest BCUT2D eigenvalue weighted by Crippen LogP contribution is -2.16. The number of benzene rings is 1. The normalized spacial score (nSPS) is 10.0. The SMILES string of the molecule is COC(=O)c1nccc(N(C)c2cccc(C(N)=S)c2)n1. The molecule has 1 aromatic heterocycles. The van der Waals surface area contributed by atoms with Crippen molar-refractivity contribution in [2.75, 3.05) is 19.1 Å². The van der Waals surface area contributed by atoms with Crippen molar-refractivity contribution in [3.8, 4) is 0 Å². The molecule has 1 heterocycles. The van der Waals surface area contributed by atoms with Gasteiger partial charge in [0.05, 0.1) is 7.11 Å². The van der Waals surface area contributed by atoms with E-state index in [2.05, 4.69) is 14.7 Å². The van der Waals surface area contributed by atoms with E-state index in [1.54, 1.807) is 11.0 Å². The molecule has 0 fully saturated rings. The zero-order valence-electron chi connectivity index (χ0n) is 11.6. The number of aromatic nitrogens is 2. The number of nitrogens with two attached hydrogens (primary N) is 1. The third kappa shape index (κ3) is 3.32. The lowest BCUT2D eigenvalue weighted by molar-refractivity contribution is 0.0587. The first-order chi connectivity index (χ1) is 10.0. The molecule has 21 heavy (non-hydrogen) atoms. The number of hydrogen-bond donors (Lipinski definition) is 1. The highest BCUT2D eigenvalue weighted by atomic mass is 32.1. The van der Waals surface area contributed by atoms with Crippen molar-refractivity contribution < 1.29 is 9.53 Å². The summed E-state index contributed by atoms with van der Waals surface area (Å²) in [6.07, 6.45) is 1.50. The van der Waals surface area contributed by atoms with E-state index >= 15 is 0 Å². The maximum Gasteiger partial charge on any atom is 0.376 e. The van der Waals surface area contributed by atoms with Crippen LogP contribution < -0.4 is 10.6 Å². The molecule has 0 saturated carbocycles. The molecule has 108 valence electrons. The van der Waals surface area contributed by atoms with Gasteiger partial charge in [-0.3, -0.25) is 0 Å². The van der Waals surface area contributed by atoms with Crippen molar-refractivity contribution in [1.82, 2.24) is 9.97 Å². The van der Waals surface area contributed by atoms with Crippen LogP contribution in [0.2, 0.25) is 0 Å². The van der Waals surface area contributed by atoms with Gasteiger partial charge >= 0.3 is 5.97 Å². The number of thiocarbonyl (C=S) groups is 1. The third-order valence-corrected chi connectivity index (χ3v) is 3.11. The molecular formula is C14H14N4O2S. The number of ether oxygens (including phenoxy) is 1. The lowest BCUT2D eigenvalue weighted by atomic mass is 10.2. The Labute approximate surface area is 127 Å². The van der Waals surface area contributed by atoms with E-state index in [4.69, 9.17) is 18.0 Å². The summed E-state index contributed by atoms with van der Waals surface area (Å²) in [7, 11) is 3.11. The summed E-state index contributed by atoms with van der Waals surface area (Å²) >= 11 is 4.97. The van der Waals surface area contributed by atoms with Gasteiger partial charge in [0.2, 0.25) is 5.82 Å². The number of anilines is 2. The highest BCUT2D eigenvalue weighted by molar-refractivity contribution is 7.80. The molecule has 2 N–H and O–H groups in total. The zero-order chi connectivity index (χ0) is 15.4. The first kappa shape index (κ1) is 14.9. The van der Waals surface area contributed by atoms with Gasteiger partial charge < -0.3 is 15.4 Å². The van der Waals surface area contributed by atoms with Gasteiger partial charge in [-0.15, -0.1) is 0 Å². The van der Waals surface area contributed by atoms with Gasteiger partial charge in [0.15, 0.2) is 0 Å². The quantitative estimate of drug-likeness (QED) is 0.679. The van der Waals surface area contributed by atoms with Gasteiger partial charge in [-0.2, -0.15) is 0 Å². The van der Waals surface area contributed by atoms with Crippen molar-refractivity contribution in [3.63, 3.8) is 0 Å². The van der Waals surface area contributed by atoms with Crippen molar-refractivity contribution >= 4 is 34.7 Å². The van der Waals surface area contributed by atoms with E-state index in [0.29, 0.717) is 10.8 Å². The van der Waals surface area contributed by atoms with E-state index in [1.807, 2.05) is 31.3 Å². The second kappa shape index (κ2) is 6.27. The summed E-state index contributed by atoms with van der Waals surface area (Å²) < 4.78 is 4.61. The molecule has 2 rings (SSSR count). The largest absolute Gasteiger partial charge is 0.463 e. The number of methoxy groups -OCH3 is 1. The van der Waals surface area contributed by atoms with Gasteiger partial charge in [0, 0.05) is 24.5 Å². The number of esters is 1. The van der Waals surface area contributed by atoms with E-state index in [1.165, 1.54) is 13.3 Å². The molecule has 0 aliphatic carbocycles. The van der Waals surface area contributed by atoms with Gasteiger partial charge in [0.25, 0.3) is 0 Å². The minimum atomic E-state index is -0.581. The molecule has 0 saturated heterocycles. The molecule has 2 aromatic rings. The Bertz CT molecular complexity index is 690. The summed E-state index contributed by atoms with van der Waals surface area (Å²) in [5.74, 6) is -0.0139. The summed E-state index contributed by atoms with van der Waals surface area (Å²) in [6.45, 7) is 0. The van der Waals surface area contributed by atoms with Crippen LogP contribution in [0.4, 0.5) is 11.5 Å². The summed E-state index contributed by atoms with van der Waals surface area (Å²) in [5.41, 5.74) is 7.23. The molecule has 6 nitrogen and oxygen atoms in total. The number of hydrogen-bond acceptors (Lipinski definition) is 6. The number of nitrogens with zero attached hydrogens (tertiary/aromatic N) is 3. The lowest BCUT2D eigenvalue weighted by Gasteiger charge is -2.19. The van der Waals surface area contributed by atoms with Crippen molar-refractivity contribution in [2.45, 2.75) is 0 Å². The second-order valence-electron chi connectivity index (χ2n) is 4.20. The van der Waals surface area contributed by atoms with Gasteiger partial charge in [-0.1, -0.05) is 24.4 Å². The first-order valence-electron chi connectivity index (χ1n) is 6.08. The van der Waals surface area contributed by atoms with E-state index in [0.717, 1.165) is 11.3 Å². The van der Waals surface area contributed by atoms with Crippen LogP contribution in [-0.2, 0) is 4.74 Å². The van der Waals surface area contributed by atoms with Crippen LogP contribution in [0, 0.1) is 0 Å². The molecule has 0 bridgehead atoms. The topological polar surface area (TPSA) is 81.3 Å². The van der Waals surface area contributed by atoms with E-state index < -0.39 is 5.97 Å². The van der Waals surface area contributed by atoms with Gasteiger partial charge in [0.1, 0.15) is 10.8 Å². The average molecular weight is 302 g/mol. The number of carbonyl (C=O) groups is 1. The Balaban J connectivity index is 2.35. The molecule has 0 aliphatic heterocycles. The molecule has 0 radical (unpaired) electrons. The summed E-state index contributed by atoms with van der Waals surface area (Å²) in [4.78, 5) is 21.6. The highest BCUT2D eigenvalue weighted by Gasteiger charge is 2.13. The van der Waals surface area contributed by atoms with Crippen LogP contribution in [0.5, 0.6) is 0 Å². The molecule has 0 amide bonds. The van der Waals surface area contributed by atoms with Crippen LogP contribution in [0.3, 0.4) is 0 Å². The predicted octanol–water partition coefficient (Wildman–Crippen LogP) is 1.67. The highest BCUT2D eigenvalue weighted by Crippen LogP contribution is 2.22. The second-order valence-corrected chi connectivity index (χ2v) is 4.64. The summed E-state index contributed by atoms with van der Waals surface area (Å²) in [5, 5.41) is 0. The fourth-order valence-corrected chi connectivity index (χ4v) is 1.85. The Kier molecular flexibility index (Phi) is 4.44. The van der Waals surface area contributed by atoms with Crippen molar-refractivity contribution in [1.29, 1.82) is 0 Å². The molecule has 0 unspecified atom stereocenters. The Morgan fingerprint density at radius 3 is 2.81 bits per heavy atom. The molecule has 0 aliphatic rings. The molecular weight excluding hydrogens is 288 g/mol. The fourth-order valence-electron chi connectivity index (χ4n) is 1.73. The molecule has 0 atom stereocenters. The van der Waals surface area contributed by atoms with E-state index in [-0.39, 0.29) is 5.82 Å². The van der Waals surface area contributed by atoms with Gasteiger partial charge in [-0.05, 0) is 18.2 Å². The van der Waals surface area contributed by atoms with Gasteiger partial charge in [-0.25, -0.2) is 14.8 Å². The third-order valence-electron chi connectivity index (χ3n) is 2.87. The molecule has 7 heteroatoms. The minimum absolute atomic E-state index is 0.00681. The Hall–Kier alpha value is -2.54. The standard InChI is InChI=1S/C14H14N4O2S/c1-18(10-5-3-4-9(8-10)12(15)21)11-6-7-16-13(17-11)14(19)20-2/h3-8H,1-2H3,(H2,15,21). The molecule has 1 aromatic carbocycles. The van der Waals surface area contributed by atoms with Crippen LogP contribution in [0.15, 0.2) is 36.5 Å². The van der Waals surface area contributed by atoms with Crippen molar-refractivity contribution in [2.24, 2.45) is 5.73 Å². The van der Waals surface area contributed by atoms with Crippen molar-refractivity contribution in [3.05, 3.63) is 47.9 Å². The maximum atomic E-state index is 11.5. The van der Waals surface area contributed by atoms with Crippen LogP contribution >= 0.6 is 12.2 Å². The van der Waals surface area contributed by atoms with Crippen LogP contribution in [-0.4, -0.2) is 35.1 Å². The van der Waals surface area contributed by atoms with Crippen LogP contribution in [0.1, 0.15) is 16.2 Å². The Morgan fingerprint density at radius 1 is 1.38 bits per heavy atom.